The van der Waals surface area contributed by atoms with Crippen LogP contribution in [0.25, 0.3) is 0 Å². The van der Waals surface area contributed by atoms with Crippen LogP contribution in [-0.2, 0) is 4.74 Å². The predicted molar refractivity (Wildman–Crippen MR) is 65.6 cm³/mol. The molecule has 1 saturated heterocycles. The van der Waals surface area contributed by atoms with Crippen molar-refractivity contribution in [2.45, 2.75) is 37.6 Å². The highest BCUT2D eigenvalue weighted by Gasteiger charge is 2.44. The number of hydrogen-bond acceptors (Lipinski definition) is 6. The number of rotatable bonds is 3. The van der Waals surface area contributed by atoms with Crippen molar-refractivity contribution in [3.05, 3.63) is 29.8 Å². The zero-order valence-electron chi connectivity index (χ0n) is 10.5. The molecule has 0 aromatic heterocycles. The van der Waals surface area contributed by atoms with Crippen LogP contribution in [0.15, 0.2) is 24.3 Å². The van der Waals surface area contributed by atoms with Crippen LogP contribution in [-0.4, -0.2) is 57.7 Å². The van der Waals surface area contributed by atoms with Crippen molar-refractivity contribution in [3.63, 3.8) is 0 Å². The third kappa shape index (κ3) is 2.88. The number of benzene rings is 1. The molecule has 1 heterocycles. The Morgan fingerprint density at radius 3 is 2.42 bits per heavy atom. The van der Waals surface area contributed by atoms with Gasteiger partial charge < -0.3 is 29.9 Å². The van der Waals surface area contributed by atoms with Gasteiger partial charge in [0.15, 0.2) is 0 Å². The van der Waals surface area contributed by atoms with Gasteiger partial charge in [-0.1, -0.05) is 18.2 Å². The lowest BCUT2D eigenvalue weighted by atomic mass is 9.99. The third-order valence-corrected chi connectivity index (χ3v) is 3.19. The van der Waals surface area contributed by atoms with Gasteiger partial charge in [-0.15, -0.1) is 0 Å². The third-order valence-electron chi connectivity index (χ3n) is 3.19. The van der Waals surface area contributed by atoms with Gasteiger partial charge in [0, 0.05) is 0 Å². The Bertz CT molecular complexity index is 421. The highest BCUT2D eigenvalue weighted by Crippen LogP contribution is 2.25. The summed E-state index contributed by atoms with van der Waals surface area (Å²) in [6.07, 6.45) is -6.31. The van der Waals surface area contributed by atoms with Gasteiger partial charge in [-0.25, -0.2) is 0 Å². The lowest BCUT2D eigenvalue weighted by molar-refractivity contribution is -0.277. The normalized spacial score (nSPS) is 35.1. The van der Waals surface area contributed by atoms with Crippen molar-refractivity contribution in [1.29, 1.82) is 0 Å². The number of aliphatic hydroxyl groups excluding tert-OH is 4. The van der Waals surface area contributed by atoms with Crippen molar-refractivity contribution < 1.29 is 29.9 Å². The molecule has 5 atom stereocenters. The molecule has 1 fully saturated rings. The van der Waals surface area contributed by atoms with Crippen LogP contribution < -0.4 is 4.74 Å². The molecule has 6 heteroatoms. The molecule has 6 nitrogen and oxygen atoms in total. The fourth-order valence-electron chi connectivity index (χ4n) is 1.98. The van der Waals surface area contributed by atoms with E-state index in [1.807, 2.05) is 19.1 Å². The van der Waals surface area contributed by atoms with Crippen LogP contribution in [0.3, 0.4) is 0 Å². The van der Waals surface area contributed by atoms with E-state index in [0.29, 0.717) is 5.75 Å². The van der Waals surface area contributed by atoms with Crippen LogP contribution >= 0.6 is 0 Å². The minimum atomic E-state index is -1.43. The summed E-state index contributed by atoms with van der Waals surface area (Å²) in [4.78, 5) is 0. The van der Waals surface area contributed by atoms with Gasteiger partial charge >= 0.3 is 0 Å². The lowest BCUT2D eigenvalue weighted by Crippen LogP contribution is -2.60. The summed E-state index contributed by atoms with van der Waals surface area (Å²) in [6.45, 7) is 1.36. The zero-order valence-corrected chi connectivity index (χ0v) is 10.5. The maximum Gasteiger partial charge on any atom is 0.229 e. The highest BCUT2D eigenvalue weighted by atomic mass is 16.7. The summed E-state index contributed by atoms with van der Waals surface area (Å²) in [7, 11) is 0. The molecular weight excluding hydrogens is 252 g/mol. The second kappa shape index (κ2) is 5.85. The van der Waals surface area contributed by atoms with Crippen molar-refractivity contribution in [1.82, 2.24) is 0 Å². The molecule has 1 aromatic carbocycles. The van der Waals surface area contributed by atoms with Crippen LogP contribution in [0, 0.1) is 6.92 Å². The molecular formula is C13H18O6. The summed E-state index contributed by atoms with van der Waals surface area (Å²) in [5.74, 6) is 0.506. The largest absolute Gasteiger partial charge is 0.462 e. The Balaban J connectivity index is 2.13. The zero-order chi connectivity index (χ0) is 14.0. The lowest BCUT2D eigenvalue weighted by Gasteiger charge is -2.39. The van der Waals surface area contributed by atoms with Crippen molar-refractivity contribution >= 4 is 0 Å². The standard InChI is InChI=1S/C13H18O6/c1-7-4-2-3-5-8(7)18-13-12(17)11(16)10(15)9(6-14)19-13/h2-5,9-17H,6H2,1H3/t9-,10?,11?,12?,13?/m1/s1. The topological polar surface area (TPSA) is 99.4 Å². The molecule has 0 aliphatic carbocycles. The Morgan fingerprint density at radius 2 is 1.79 bits per heavy atom. The van der Waals surface area contributed by atoms with E-state index in [-0.39, 0.29) is 0 Å². The summed E-state index contributed by atoms with van der Waals surface area (Å²) < 4.78 is 10.8. The Morgan fingerprint density at radius 1 is 1.11 bits per heavy atom. The van der Waals surface area contributed by atoms with Crippen molar-refractivity contribution in [2.24, 2.45) is 0 Å². The molecule has 0 amide bonds. The van der Waals surface area contributed by atoms with E-state index in [1.165, 1.54) is 0 Å². The molecule has 4 N–H and O–H groups in total. The van der Waals surface area contributed by atoms with E-state index in [9.17, 15) is 15.3 Å². The average Bonchev–Trinajstić information content (AvgIpc) is 2.41. The van der Waals surface area contributed by atoms with Gasteiger partial charge in [0.25, 0.3) is 0 Å². The van der Waals surface area contributed by atoms with Gasteiger partial charge in [-0.05, 0) is 18.6 Å². The molecule has 19 heavy (non-hydrogen) atoms. The fraction of sp³-hybridized carbons (Fsp3) is 0.538. The number of ether oxygens (including phenoxy) is 2. The first-order valence-electron chi connectivity index (χ1n) is 6.07. The predicted octanol–water partition coefficient (Wildman–Crippen LogP) is -0.826. The first-order valence-corrected chi connectivity index (χ1v) is 6.07. The molecule has 106 valence electrons. The number of para-hydroxylation sites is 1. The Labute approximate surface area is 110 Å². The summed E-state index contributed by atoms with van der Waals surface area (Å²) in [6, 6.07) is 7.15. The number of hydrogen-bond donors (Lipinski definition) is 4. The van der Waals surface area contributed by atoms with Crippen LogP contribution in [0.4, 0.5) is 0 Å². The fourth-order valence-corrected chi connectivity index (χ4v) is 1.98. The van der Waals surface area contributed by atoms with Crippen molar-refractivity contribution in [3.8, 4) is 5.75 Å². The summed E-state index contributed by atoms with van der Waals surface area (Å²) >= 11 is 0. The first-order chi connectivity index (χ1) is 9.04. The molecule has 0 saturated carbocycles. The molecule has 0 bridgehead atoms. The van der Waals surface area contributed by atoms with Crippen molar-refractivity contribution in [2.75, 3.05) is 6.61 Å². The SMILES string of the molecule is Cc1ccccc1OC1O[C@H](CO)C(O)C(O)C1O. The monoisotopic (exact) mass is 270 g/mol. The first kappa shape index (κ1) is 14.2. The maximum absolute atomic E-state index is 9.83. The van der Waals surface area contributed by atoms with E-state index in [0.717, 1.165) is 5.56 Å². The quantitative estimate of drug-likeness (QED) is 0.572. The van der Waals surface area contributed by atoms with Gasteiger partial charge in [0.1, 0.15) is 30.2 Å². The van der Waals surface area contributed by atoms with Gasteiger partial charge in [0.2, 0.25) is 6.29 Å². The average molecular weight is 270 g/mol. The smallest absolute Gasteiger partial charge is 0.229 e. The van der Waals surface area contributed by atoms with Gasteiger partial charge in [-0.2, -0.15) is 0 Å². The molecule has 1 aliphatic rings. The van der Waals surface area contributed by atoms with Crippen LogP contribution in [0.5, 0.6) is 5.75 Å². The molecule has 0 radical (unpaired) electrons. The summed E-state index contributed by atoms with van der Waals surface area (Å²) in [5.41, 5.74) is 0.847. The van der Waals surface area contributed by atoms with E-state index < -0.39 is 37.3 Å². The van der Waals surface area contributed by atoms with E-state index in [4.69, 9.17) is 14.6 Å². The maximum atomic E-state index is 9.83. The van der Waals surface area contributed by atoms with E-state index >= 15 is 0 Å². The van der Waals surface area contributed by atoms with E-state index in [1.54, 1.807) is 12.1 Å². The Kier molecular flexibility index (Phi) is 4.38. The second-order valence-electron chi connectivity index (χ2n) is 4.58. The van der Waals surface area contributed by atoms with Gasteiger partial charge in [-0.3, -0.25) is 0 Å². The molecule has 4 unspecified atom stereocenters. The highest BCUT2D eigenvalue weighted by molar-refractivity contribution is 5.31. The molecule has 2 rings (SSSR count). The second-order valence-corrected chi connectivity index (χ2v) is 4.58. The molecule has 1 aliphatic heterocycles. The minimum Gasteiger partial charge on any atom is -0.462 e. The van der Waals surface area contributed by atoms with E-state index in [2.05, 4.69) is 0 Å². The van der Waals surface area contributed by atoms with Gasteiger partial charge in [0.05, 0.1) is 6.61 Å². The van der Waals surface area contributed by atoms with Crippen LogP contribution in [0.1, 0.15) is 5.56 Å². The number of aliphatic hydroxyl groups is 4. The number of aryl methyl sites for hydroxylation is 1. The molecule has 1 aromatic rings. The Hall–Kier alpha value is -1.18. The van der Waals surface area contributed by atoms with Crippen LogP contribution in [0.2, 0.25) is 0 Å². The minimum absolute atomic E-state index is 0.474. The summed E-state index contributed by atoms with van der Waals surface area (Å²) in [5, 5.41) is 38.2. The molecule has 0 spiro atoms.